The zero-order valence-electron chi connectivity index (χ0n) is 11.7. The lowest BCUT2D eigenvalue weighted by molar-refractivity contribution is -0.143. The first-order valence-corrected chi connectivity index (χ1v) is 6.17. The van der Waals surface area contributed by atoms with E-state index < -0.39 is 18.0 Å². The maximum absolute atomic E-state index is 11.5. The molecule has 0 aromatic carbocycles. The van der Waals surface area contributed by atoms with Crippen LogP contribution < -0.4 is 0 Å². The molecule has 0 aromatic heterocycles. The zero-order valence-corrected chi connectivity index (χ0v) is 11.7. The summed E-state index contributed by atoms with van der Waals surface area (Å²) in [6, 6.07) is 0. The van der Waals surface area contributed by atoms with Crippen LogP contribution in [0.25, 0.3) is 0 Å². The largest absolute Gasteiger partial charge is 0.478 e. The lowest BCUT2D eigenvalue weighted by atomic mass is 9.99. The molecule has 5 nitrogen and oxygen atoms in total. The molecule has 2 N–H and O–H groups in total. The van der Waals surface area contributed by atoms with E-state index in [0.717, 1.165) is 0 Å². The van der Waals surface area contributed by atoms with Gasteiger partial charge in [0.25, 0.3) is 0 Å². The fourth-order valence-electron chi connectivity index (χ4n) is 1.47. The number of carbonyl (C=O) groups is 2. The third kappa shape index (κ3) is 7.41. The smallest absolute Gasteiger partial charge is 0.333 e. The topological polar surface area (TPSA) is 83.8 Å². The van der Waals surface area contributed by atoms with Gasteiger partial charge in [-0.05, 0) is 38.7 Å². The predicted octanol–water partition coefficient (Wildman–Crippen LogP) is 1.91. The average molecular weight is 270 g/mol. The van der Waals surface area contributed by atoms with Gasteiger partial charge in [0.2, 0.25) is 0 Å². The summed E-state index contributed by atoms with van der Waals surface area (Å²) in [5, 5.41) is 17.7. The van der Waals surface area contributed by atoms with Gasteiger partial charge in [-0.1, -0.05) is 13.5 Å². The standard InChI is InChI=1S/C14H22O5/c1-9(2)14(18)19-12(7-10(3)5-6-15)8-11(4)13(16)17/h8,10,12,15H,1,5-7H2,2-4H3,(H,16,17). The van der Waals surface area contributed by atoms with E-state index in [9.17, 15) is 9.59 Å². The molecule has 108 valence electrons. The first kappa shape index (κ1) is 17.4. The van der Waals surface area contributed by atoms with Crippen molar-refractivity contribution < 1.29 is 24.5 Å². The molecule has 0 rings (SSSR count). The Morgan fingerprint density at radius 2 is 1.95 bits per heavy atom. The van der Waals surface area contributed by atoms with Crippen LogP contribution in [0.15, 0.2) is 23.8 Å². The molecular formula is C14H22O5. The van der Waals surface area contributed by atoms with Crippen LogP contribution in [0, 0.1) is 5.92 Å². The van der Waals surface area contributed by atoms with E-state index in [4.69, 9.17) is 14.9 Å². The van der Waals surface area contributed by atoms with Gasteiger partial charge < -0.3 is 14.9 Å². The molecule has 0 bridgehead atoms. The number of aliphatic carboxylic acids is 1. The fraction of sp³-hybridized carbons (Fsp3) is 0.571. The molecule has 0 aliphatic rings. The second kappa shape index (κ2) is 8.48. The molecule has 0 heterocycles. The quantitative estimate of drug-likeness (QED) is 0.520. The normalized spacial score (nSPS) is 14.6. The van der Waals surface area contributed by atoms with Crippen molar-refractivity contribution in [2.75, 3.05) is 6.61 Å². The van der Waals surface area contributed by atoms with E-state index in [1.807, 2.05) is 6.92 Å². The summed E-state index contributed by atoms with van der Waals surface area (Å²) in [4.78, 5) is 22.3. The van der Waals surface area contributed by atoms with Crippen LogP contribution >= 0.6 is 0 Å². The second-order valence-corrected chi connectivity index (χ2v) is 4.73. The lowest BCUT2D eigenvalue weighted by Crippen LogP contribution is -2.21. The molecule has 0 fully saturated rings. The maximum atomic E-state index is 11.5. The number of carbonyl (C=O) groups excluding carboxylic acids is 1. The van der Waals surface area contributed by atoms with Crippen LogP contribution in [-0.2, 0) is 14.3 Å². The third-order valence-corrected chi connectivity index (χ3v) is 2.64. The number of rotatable bonds is 8. The molecule has 0 radical (unpaired) electrons. The van der Waals surface area contributed by atoms with E-state index >= 15 is 0 Å². The fourth-order valence-corrected chi connectivity index (χ4v) is 1.47. The summed E-state index contributed by atoms with van der Waals surface area (Å²) < 4.78 is 5.19. The van der Waals surface area contributed by atoms with Crippen molar-refractivity contribution in [1.29, 1.82) is 0 Å². The number of aliphatic hydroxyl groups excluding tert-OH is 1. The third-order valence-electron chi connectivity index (χ3n) is 2.64. The summed E-state index contributed by atoms with van der Waals surface area (Å²) in [5.41, 5.74) is 0.386. The van der Waals surface area contributed by atoms with Gasteiger partial charge in [-0.3, -0.25) is 0 Å². The number of aliphatic hydroxyl groups is 1. The Morgan fingerprint density at radius 3 is 2.37 bits per heavy atom. The van der Waals surface area contributed by atoms with Gasteiger partial charge in [0, 0.05) is 17.8 Å². The SMILES string of the molecule is C=C(C)C(=O)OC(C=C(C)C(=O)O)CC(C)CCO. The van der Waals surface area contributed by atoms with Crippen LogP contribution in [0.4, 0.5) is 0 Å². The van der Waals surface area contributed by atoms with Crippen molar-refractivity contribution in [1.82, 2.24) is 0 Å². The molecule has 19 heavy (non-hydrogen) atoms. The molecule has 0 saturated carbocycles. The number of esters is 1. The molecule has 0 saturated heterocycles. The van der Waals surface area contributed by atoms with Gasteiger partial charge >= 0.3 is 11.9 Å². The molecule has 0 spiro atoms. The Balaban J connectivity index is 4.83. The van der Waals surface area contributed by atoms with Crippen LogP contribution in [0.1, 0.15) is 33.6 Å². The van der Waals surface area contributed by atoms with Gasteiger partial charge in [-0.2, -0.15) is 0 Å². The molecular weight excluding hydrogens is 248 g/mol. The van der Waals surface area contributed by atoms with Crippen LogP contribution in [-0.4, -0.2) is 34.9 Å². The summed E-state index contributed by atoms with van der Waals surface area (Å²) >= 11 is 0. The Labute approximate surface area is 113 Å². The molecule has 2 unspecified atom stereocenters. The minimum absolute atomic E-state index is 0.0456. The molecule has 0 aliphatic carbocycles. The van der Waals surface area contributed by atoms with Crippen molar-refractivity contribution in [3.05, 3.63) is 23.8 Å². The van der Waals surface area contributed by atoms with Gasteiger partial charge in [0.05, 0.1) is 0 Å². The Hall–Kier alpha value is -1.62. The summed E-state index contributed by atoms with van der Waals surface area (Å²) in [5.74, 6) is -1.48. The Bertz CT molecular complexity index is 370. The highest BCUT2D eigenvalue weighted by Gasteiger charge is 2.17. The van der Waals surface area contributed by atoms with Gasteiger partial charge in [-0.15, -0.1) is 0 Å². The number of hydrogen-bond acceptors (Lipinski definition) is 4. The minimum Gasteiger partial charge on any atom is -0.478 e. The first-order chi connectivity index (χ1) is 8.77. The van der Waals surface area contributed by atoms with Crippen LogP contribution in [0.5, 0.6) is 0 Å². The Morgan fingerprint density at radius 1 is 1.37 bits per heavy atom. The monoisotopic (exact) mass is 270 g/mol. The molecule has 2 atom stereocenters. The van der Waals surface area contributed by atoms with Crippen molar-refractivity contribution in [2.45, 2.75) is 39.7 Å². The van der Waals surface area contributed by atoms with Crippen molar-refractivity contribution in [3.63, 3.8) is 0 Å². The molecule has 0 aliphatic heterocycles. The van der Waals surface area contributed by atoms with Gasteiger partial charge in [0.1, 0.15) is 6.10 Å². The van der Waals surface area contributed by atoms with E-state index in [0.29, 0.717) is 12.8 Å². The first-order valence-electron chi connectivity index (χ1n) is 6.17. The highest BCUT2D eigenvalue weighted by molar-refractivity contribution is 5.88. The zero-order chi connectivity index (χ0) is 15.0. The van der Waals surface area contributed by atoms with E-state index in [1.165, 1.54) is 19.9 Å². The van der Waals surface area contributed by atoms with Crippen molar-refractivity contribution >= 4 is 11.9 Å². The summed E-state index contributed by atoms with van der Waals surface area (Å²) in [6.45, 7) is 8.41. The van der Waals surface area contributed by atoms with Gasteiger partial charge in [-0.25, -0.2) is 9.59 Å². The number of hydrogen-bond donors (Lipinski definition) is 2. The van der Waals surface area contributed by atoms with Crippen molar-refractivity contribution in [2.24, 2.45) is 5.92 Å². The summed E-state index contributed by atoms with van der Waals surface area (Å²) in [7, 11) is 0. The molecule has 5 heteroatoms. The van der Waals surface area contributed by atoms with Crippen molar-refractivity contribution in [3.8, 4) is 0 Å². The second-order valence-electron chi connectivity index (χ2n) is 4.73. The van der Waals surface area contributed by atoms with E-state index in [-0.39, 0.29) is 23.7 Å². The molecule has 0 amide bonds. The minimum atomic E-state index is -1.05. The van der Waals surface area contributed by atoms with E-state index in [1.54, 1.807) is 0 Å². The Kier molecular flexibility index (Phi) is 7.75. The number of ether oxygens (including phenoxy) is 1. The van der Waals surface area contributed by atoms with Crippen LogP contribution in [0.3, 0.4) is 0 Å². The lowest BCUT2D eigenvalue weighted by Gasteiger charge is -2.19. The highest BCUT2D eigenvalue weighted by Crippen LogP contribution is 2.16. The number of carboxylic acids is 1. The maximum Gasteiger partial charge on any atom is 0.333 e. The predicted molar refractivity (Wildman–Crippen MR) is 71.6 cm³/mol. The highest BCUT2D eigenvalue weighted by atomic mass is 16.5. The van der Waals surface area contributed by atoms with Crippen LogP contribution in [0.2, 0.25) is 0 Å². The summed E-state index contributed by atoms with van der Waals surface area (Å²) in [6.07, 6.45) is 1.82. The van der Waals surface area contributed by atoms with Gasteiger partial charge in [0.15, 0.2) is 0 Å². The average Bonchev–Trinajstić information content (AvgIpc) is 2.28. The van der Waals surface area contributed by atoms with E-state index in [2.05, 4.69) is 6.58 Å². The molecule has 0 aromatic rings. The number of carboxylic acid groups (broad SMARTS) is 1.